The van der Waals surface area contributed by atoms with Gasteiger partial charge >= 0.3 is 5.97 Å². The van der Waals surface area contributed by atoms with Crippen LogP contribution in [0.5, 0.6) is 0 Å². The van der Waals surface area contributed by atoms with Gasteiger partial charge < -0.3 is 19.9 Å². The van der Waals surface area contributed by atoms with Gasteiger partial charge in [-0.25, -0.2) is 0 Å². The first kappa shape index (κ1) is 13.9. The molecule has 1 saturated heterocycles. The maximum absolute atomic E-state index is 11.5. The van der Waals surface area contributed by atoms with Gasteiger partial charge in [0.15, 0.2) is 0 Å². The van der Waals surface area contributed by atoms with Gasteiger partial charge in [0.2, 0.25) is 5.91 Å². The lowest BCUT2D eigenvalue weighted by molar-refractivity contribution is -0.144. The molecule has 1 amide bonds. The summed E-state index contributed by atoms with van der Waals surface area (Å²) >= 11 is 0. The first-order valence-corrected chi connectivity index (χ1v) is 5.77. The molecule has 98 valence electrons. The molecular formula is C11H19NO5. The average molecular weight is 245 g/mol. The fraction of sp³-hybridized carbons (Fsp3) is 0.818. The third-order valence-electron chi connectivity index (χ3n) is 2.65. The number of hydrogen-bond donors (Lipinski definition) is 2. The lowest BCUT2D eigenvalue weighted by atomic mass is 10.2. The third-order valence-corrected chi connectivity index (χ3v) is 2.65. The highest BCUT2D eigenvalue weighted by atomic mass is 16.5. The monoisotopic (exact) mass is 245 g/mol. The maximum Gasteiger partial charge on any atom is 0.325 e. The zero-order valence-electron chi connectivity index (χ0n) is 10.1. The second kappa shape index (κ2) is 6.56. The molecule has 1 rings (SSSR count). The first-order valence-electron chi connectivity index (χ1n) is 5.77. The predicted molar refractivity (Wildman–Crippen MR) is 59.6 cm³/mol. The van der Waals surface area contributed by atoms with Crippen LogP contribution < -0.4 is 5.32 Å². The van der Waals surface area contributed by atoms with Crippen LogP contribution in [0, 0.1) is 0 Å². The summed E-state index contributed by atoms with van der Waals surface area (Å²) in [5.41, 5.74) is 0. The van der Waals surface area contributed by atoms with E-state index in [-0.39, 0.29) is 6.10 Å². The number of aliphatic carboxylic acids is 1. The van der Waals surface area contributed by atoms with Crippen LogP contribution in [-0.4, -0.2) is 48.4 Å². The van der Waals surface area contributed by atoms with E-state index in [2.05, 4.69) is 5.32 Å². The van der Waals surface area contributed by atoms with Crippen molar-refractivity contribution in [2.45, 2.75) is 44.9 Å². The molecule has 1 aliphatic rings. The van der Waals surface area contributed by atoms with Crippen molar-refractivity contribution >= 4 is 11.9 Å². The highest BCUT2D eigenvalue weighted by Gasteiger charge is 2.22. The van der Waals surface area contributed by atoms with Crippen LogP contribution in [0.2, 0.25) is 0 Å². The summed E-state index contributed by atoms with van der Waals surface area (Å²) in [5, 5.41) is 11.0. The van der Waals surface area contributed by atoms with Crippen LogP contribution in [0.3, 0.4) is 0 Å². The zero-order chi connectivity index (χ0) is 12.8. The summed E-state index contributed by atoms with van der Waals surface area (Å²) < 4.78 is 10.7. The highest BCUT2D eigenvalue weighted by molar-refractivity contribution is 5.85. The van der Waals surface area contributed by atoms with E-state index in [1.165, 1.54) is 6.92 Å². The molecular weight excluding hydrogens is 226 g/mol. The Balaban J connectivity index is 2.23. The van der Waals surface area contributed by atoms with Gasteiger partial charge in [-0.05, 0) is 26.7 Å². The summed E-state index contributed by atoms with van der Waals surface area (Å²) in [5.74, 6) is -1.48. The average Bonchev–Trinajstić information content (AvgIpc) is 2.78. The van der Waals surface area contributed by atoms with Crippen molar-refractivity contribution in [3.8, 4) is 0 Å². The van der Waals surface area contributed by atoms with E-state index in [9.17, 15) is 9.59 Å². The molecule has 0 spiro atoms. The van der Waals surface area contributed by atoms with E-state index >= 15 is 0 Å². The largest absolute Gasteiger partial charge is 0.480 e. The van der Waals surface area contributed by atoms with E-state index in [4.69, 9.17) is 14.6 Å². The number of amides is 1. The van der Waals surface area contributed by atoms with Gasteiger partial charge in [0.05, 0.1) is 12.7 Å². The molecule has 6 heteroatoms. The summed E-state index contributed by atoms with van der Waals surface area (Å²) in [4.78, 5) is 22.1. The number of rotatable bonds is 6. The lowest BCUT2D eigenvalue weighted by Gasteiger charge is -2.17. The van der Waals surface area contributed by atoms with E-state index < -0.39 is 24.0 Å². The summed E-state index contributed by atoms with van der Waals surface area (Å²) in [6, 6.07) is -0.906. The summed E-state index contributed by atoms with van der Waals surface area (Å²) in [7, 11) is 0. The van der Waals surface area contributed by atoms with Gasteiger partial charge in [-0.3, -0.25) is 9.59 Å². The van der Waals surface area contributed by atoms with Crippen LogP contribution in [0.4, 0.5) is 0 Å². The van der Waals surface area contributed by atoms with Gasteiger partial charge in [0, 0.05) is 6.61 Å². The van der Waals surface area contributed by atoms with E-state index in [1.54, 1.807) is 6.92 Å². The Bertz CT molecular complexity index is 275. The zero-order valence-corrected chi connectivity index (χ0v) is 10.1. The molecule has 1 heterocycles. The standard InChI is InChI=1S/C11H19NO5/c1-7(11(14)15)12-10(13)8(2)17-6-9-4-3-5-16-9/h7-9H,3-6H2,1-2H3,(H,12,13)(H,14,15). The molecule has 0 aromatic heterocycles. The van der Waals surface area contributed by atoms with Crippen molar-refractivity contribution in [2.75, 3.05) is 13.2 Å². The van der Waals surface area contributed by atoms with Gasteiger partial charge in [-0.2, -0.15) is 0 Å². The molecule has 0 aromatic rings. The number of carboxylic acids is 1. The van der Waals surface area contributed by atoms with Crippen molar-refractivity contribution in [2.24, 2.45) is 0 Å². The Hall–Kier alpha value is -1.14. The molecule has 1 aliphatic heterocycles. The Morgan fingerprint density at radius 3 is 2.76 bits per heavy atom. The Labute approximate surface area is 100 Å². The normalized spacial score (nSPS) is 23.1. The fourth-order valence-electron chi connectivity index (χ4n) is 1.50. The predicted octanol–water partition coefficient (Wildman–Crippen LogP) is 0.160. The van der Waals surface area contributed by atoms with E-state index in [1.807, 2.05) is 0 Å². The molecule has 0 saturated carbocycles. The smallest absolute Gasteiger partial charge is 0.325 e. The number of carbonyl (C=O) groups excluding carboxylic acids is 1. The van der Waals surface area contributed by atoms with Crippen LogP contribution in [0.25, 0.3) is 0 Å². The Kier molecular flexibility index (Phi) is 5.37. The second-order valence-corrected chi connectivity index (χ2v) is 4.18. The molecule has 0 radical (unpaired) electrons. The molecule has 17 heavy (non-hydrogen) atoms. The lowest BCUT2D eigenvalue weighted by Crippen LogP contribution is -2.44. The number of nitrogens with one attached hydrogen (secondary N) is 1. The maximum atomic E-state index is 11.5. The number of carbonyl (C=O) groups is 2. The molecule has 1 fully saturated rings. The third kappa shape index (κ3) is 4.70. The fourth-order valence-corrected chi connectivity index (χ4v) is 1.50. The van der Waals surface area contributed by atoms with E-state index in [0.29, 0.717) is 6.61 Å². The number of hydrogen-bond acceptors (Lipinski definition) is 4. The summed E-state index contributed by atoms with van der Waals surface area (Å²) in [6.45, 7) is 4.12. The van der Waals surface area contributed by atoms with Crippen LogP contribution in [0.15, 0.2) is 0 Å². The van der Waals surface area contributed by atoms with Crippen molar-refractivity contribution in [3.05, 3.63) is 0 Å². The number of ether oxygens (including phenoxy) is 2. The van der Waals surface area contributed by atoms with Crippen molar-refractivity contribution in [1.82, 2.24) is 5.32 Å². The van der Waals surface area contributed by atoms with Gasteiger partial charge in [0.25, 0.3) is 0 Å². The minimum atomic E-state index is -1.07. The molecule has 2 N–H and O–H groups in total. The topological polar surface area (TPSA) is 84.9 Å². The van der Waals surface area contributed by atoms with Crippen LogP contribution in [0.1, 0.15) is 26.7 Å². The van der Waals surface area contributed by atoms with Gasteiger partial charge in [0.1, 0.15) is 12.1 Å². The van der Waals surface area contributed by atoms with Crippen LogP contribution in [-0.2, 0) is 19.1 Å². The SMILES string of the molecule is CC(NC(=O)C(C)OCC1CCCO1)C(=O)O. The van der Waals surface area contributed by atoms with Crippen LogP contribution >= 0.6 is 0 Å². The summed E-state index contributed by atoms with van der Waals surface area (Å²) in [6.07, 6.45) is 1.35. The Morgan fingerprint density at radius 2 is 2.24 bits per heavy atom. The Morgan fingerprint density at radius 1 is 1.53 bits per heavy atom. The molecule has 3 atom stereocenters. The minimum absolute atomic E-state index is 0.0575. The molecule has 0 aromatic carbocycles. The molecule has 0 bridgehead atoms. The quantitative estimate of drug-likeness (QED) is 0.696. The van der Waals surface area contributed by atoms with Crippen molar-refractivity contribution in [3.63, 3.8) is 0 Å². The molecule has 6 nitrogen and oxygen atoms in total. The number of carboxylic acid groups (broad SMARTS) is 1. The first-order chi connectivity index (χ1) is 8.00. The van der Waals surface area contributed by atoms with Gasteiger partial charge in [-0.1, -0.05) is 0 Å². The second-order valence-electron chi connectivity index (χ2n) is 4.18. The van der Waals surface area contributed by atoms with Crippen molar-refractivity contribution < 1.29 is 24.2 Å². The van der Waals surface area contributed by atoms with Crippen molar-refractivity contribution in [1.29, 1.82) is 0 Å². The highest BCUT2D eigenvalue weighted by Crippen LogP contribution is 2.12. The minimum Gasteiger partial charge on any atom is -0.480 e. The van der Waals surface area contributed by atoms with Gasteiger partial charge in [-0.15, -0.1) is 0 Å². The van der Waals surface area contributed by atoms with E-state index in [0.717, 1.165) is 19.4 Å². The molecule has 0 aliphatic carbocycles. The molecule has 3 unspecified atom stereocenters.